The van der Waals surface area contributed by atoms with Gasteiger partial charge in [-0.05, 0) is 50.9 Å². The number of nitrogens with zero attached hydrogens (tertiary/aromatic N) is 4. The molecule has 1 N–H and O–H groups in total. The third kappa shape index (κ3) is 5.80. The van der Waals surface area contributed by atoms with Gasteiger partial charge in [0, 0.05) is 31.6 Å². The summed E-state index contributed by atoms with van der Waals surface area (Å²) in [6, 6.07) is 0.610. The second-order valence-corrected chi connectivity index (χ2v) is 9.18. The van der Waals surface area contributed by atoms with Crippen molar-refractivity contribution in [3.05, 3.63) is 11.9 Å². The van der Waals surface area contributed by atoms with Crippen molar-refractivity contribution in [1.29, 1.82) is 0 Å². The first-order valence-corrected chi connectivity index (χ1v) is 11.7. The van der Waals surface area contributed by atoms with E-state index >= 15 is 0 Å². The van der Waals surface area contributed by atoms with E-state index in [0.717, 1.165) is 51.0 Å². The molecule has 2 saturated carbocycles. The van der Waals surface area contributed by atoms with Crippen molar-refractivity contribution < 1.29 is 9.59 Å². The molecule has 4 rings (SSSR count). The molecular formula is C22H35N5O2. The molecule has 1 aromatic rings. The van der Waals surface area contributed by atoms with Crippen LogP contribution in [0, 0.1) is 5.92 Å². The Morgan fingerprint density at radius 3 is 2.59 bits per heavy atom. The number of aryl methyl sites for hydroxylation is 1. The van der Waals surface area contributed by atoms with Crippen molar-refractivity contribution in [2.75, 3.05) is 6.54 Å². The van der Waals surface area contributed by atoms with Crippen LogP contribution < -0.4 is 5.32 Å². The van der Waals surface area contributed by atoms with Gasteiger partial charge in [0.05, 0.1) is 6.20 Å². The highest BCUT2D eigenvalue weighted by molar-refractivity contribution is 5.92. The molecule has 0 bridgehead atoms. The van der Waals surface area contributed by atoms with Crippen molar-refractivity contribution in [2.24, 2.45) is 5.92 Å². The molecule has 7 heteroatoms. The summed E-state index contributed by atoms with van der Waals surface area (Å²) in [6.45, 7) is 1.58. The Kier molecular flexibility index (Phi) is 6.82. The van der Waals surface area contributed by atoms with Crippen molar-refractivity contribution in [3.8, 4) is 0 Å². The summed E-state index contributed by atoms with van der Waals surface area (Å²) < 4.78 is 1.75. The maximum atomic E-state index is 12.9. The lowest BCUT2D eigenvalue weighted by Crippen LogP contribution is -2.44. The normalized spacial score (nSPS) is 23.2. The van der Waals surface area contributed by atoms with Gasteiger partial charge < -0.3 is 10.2 Å². The van der Waals surface area contributed by atoms with E-state index in [9.17, 15) is 9.59 Å². The molecule has 3 aliphatic rings. The predicted octanol–water partition coefficient (Wildman–Crippen LogP) is 3.30. The summed E-state index contributed by atoms with van der Waals surface area (Å²) in [5, 5.41) is 11.1. The molecule has 1 unspecified atom stereocenters. The largest absolute Gasteiger partial charge is 0.348 e. The Balaban J connectivity index is 1.25. The van der Waals surface area contributed by atoms with Gasteiger partial charge in [-0.3, -0.25) is 14.3 Å². The van der Waals surface area contributed by atoms with Crippen LogP contribution in [0.3, 0.4) is 0 Å². The molecule has 0 spiro atoms. The lowest BCUT2D eigenvalue weighted by molar-refractivity contribution is -0.135. The first-order valence-electron chi connectivity index (χ1n) is 11.7. The number of hydrogen-bond acceptors (Lipinski definition) is 4. The quantitative estimate of drug-likeness (QED) is 0.725. The number of hydrogen-bond donors (Lipinski definition) is 1. The van der Waals surface area contributed by atoms with Crippen molar-refractivity contribution in [3.63, 3.8) is 0 Å². The Morgan fingerprint density at radius 1 is 1.00 bits per heavy atom. The van der Waals surface area contributed by atoms with Crippen LogP contribution >= 0.6 is 0 Å². The summed E-state index contributed by atoms with van der Waals surface area (Å²) in [5.41, 5.74) is 0.390. The maximum absolute atomic E-state index is 12.9. The molecule has 29 heavy (non-hydrogen) atoms. The van der Waals surface area contributed by atoms with E-state index in [1.807, 2.05) is 0 Å². The molecule has 0 radical (unpaired) electrons. The van der Waals surface area contributed by atoms with Gasteiger partial charge in [-0.1, -0.05) is 37.3 Å². The number of nitrogens with one attached hydrogen (secondary N) is 1. The lowest BCUT2D eigenvalue weighted by atomic mass is 9.86. The molecule has 3 fully saturated rings. The minimum atomic E-state index is -0.129. The molecule has 7 nitrogen and oxygen atoms in total. The van der Waals surface area contributed by atoms with Crippen molar-refractivity contribution in [1.82, 2.24) is 25.2 Å². The maximum Gasteiger partial charge on any atom is 0.273 e. The van der Waals surface area contributed by atoms with Gasteiger partial charge in [0.15, 0.2) is 5.69 Å². The first-order chi connectivity index (χ1) is 14.2. The fraction of sp³-hybridized carbons (Fsp3) is 0.818. The van der Waals surface area contributed by atoms with E-state index in [1.165, 1.54) is 38.5 Å². The molecule has 1 atom stereocenters. The number of amides is 2. The molecule has 2 heterocycles. The molecule has 160 valence electrons. The summed E-state index contributed by atoms with van der Waals surface area (Å²) in [5.74, 6) is 0.964. The van der Waals surface area contributed by atoms with Gasteiger partial charge in [0.1, 0.15) is 0 Å². The Hall–Kier alpha value is -1.92. The lowest BCUT2D eigenvalue weighted by Gasteiger charge is -2.36. The van der Waals surface area contributed by atoms with Gasteiger partial charge in [-0.15, -0.1) is 5.10 Å². The second kappa shape index (κ2) is 9.72. The van der Waals surface area contributed by atoms with E-state index in [2.05, 4.69) is 20.5 Å². The number of aromatic nitrogens is 3. The Labute approximate surface area is 173 Å². The van der Waals surface area contributed by atoms with Gasteiger partial charge in [-0.25, -0.2) is 0 Å². The van der Waals surface area contributed by atoms with Gasteiger partial charge in [-0.2, -0.15) is 0 Å². The predicted molar refractivity (Wildman–Crippen MR) is 110 cm³/mol. The van der Waals surface area contributed by atoms with Crippen molar-refractivity contribution >= 4 is 11.8 Å². The zero-order valence-electron chi connectivity index (χ0n) is 17.5. The van der Waals surface area contributed by atoms with E-state index in [4.69, 9.17) is 0 Å². The minimum absolute atomic E-state index is 0.129. The second-order valence-electron chi connectivity index (χ2n) is 9.18. The molecule has 2 amide bonds. The number of piperidine rings is 1. The van der Waals surface area contributed by atoms with Crippen LogP contribution in [0.5, 0.6) is 0 Å². The summed E-state index contributed by atoms with van der Waals surface area (Å²) in [4.78, 5) is 27.1. The summed E-state index contributed by atoms with van der Waals surface area (Å²) >= 11 is 0. The van der Waals surface area contributed by atoms with Gasteiger partial charge in [0.25, 0.3) is 5.91 Å². The van der Waals surface area contributed by atoms with E-state index in [0.29, 0.717) is 30.6 Å². The van der Waals surface area contributed by atoms with Crippen LogP contribution in [0.1, 0.15) is 94.0 Å². The summed E-state index contributed by atoms with van der Waals surface area (Å²) in [7, 11) is 0. The molecule has 2 aliphatic carbocycles. The van der Waals surface area contributed by atoms with Crippen LogP contribution in [0.25, 0.3) is 0 Å². The highest BCUT2D eigenvalue weighted by Crippen LogP contribution is 2.28. The number of rotatable bonds is 8. The average Bonchev–Trinajstić information content (AvgIpc) is 3.44. The molecular weight excluding hydrogens is 366 g/mol. The molecule has 1 aromatic heterocycles. The van der Waals surface area contributed by atoms with E-state index in [-0.39, 0.29) is 11.9 Å². The van der Waals surface area contributed by atoms with Crippen LogP contribution in [0.15, 0.2) is 6.20 Å². The van der Waals surface area contributed by atoms with E-state index < -0.39 is 0 Å². The molecule has 1 saturated heterocycles. The SMILES string of the molecule is O=C(NC1CC1)c1cn(CCC2CCCCN2C(=O)CCC2CCCCC2)nn1. The average molecular weight is 402 g/mol. The third-order valence-electron chi connectivity index (χ3n) is 6.81. The van der Waals surface area contributed by atoms with E-state index in [1.54, 1.807) is 10.9 Å². The van der Waals surface area contributed by atoms with Gasteiger partial charge >= 0.3 is 0 Å². The van der Waals surface area contributed by atoms with Crippen LogP contribution in [-0.4, -0.2) is 50.3 Å². The Morgan fingerprint density at radius 2 is 1.79 bits per heavy atom. The highest BCUT2D eigenvalue weighted by Gasteiger charge is 2.28. The standard InChI is InChI=1S/C22H35N5O2/c28-21(12-9-17-6-2-1-3-7-17)27-14-5-4-8-19(27)13-15-26-16-20(24-25-26)22(29)23-18-10-11-18/h16-19H,1-15H2,(H,23,29). The zero-order valence-corrected chi connectivity index (χ0v) is 17.5. The monoisotopic (exact) mass is 401 g/mol. The summed E-state index contributed by atoms with van der Waals surface area (Å²) in [6.07, 6.45) is 16.5. The topological polar surface area (TPSA) is 80.1 Å². The van der Waals surface area contributed by atoms with Gasteiger partial charge in [0.2, 0.25) is 5.91 Å². The van der Waals surface area contributed by atoms with Crippen LogP contribution in [-0.2, 0) is 11.3 Å². The van der Waals surface area contributed by atoms with Crippen molar-refractivity contribution in [2.45, 2.75) is 102 Å². The minimum Gasteiger partial charge on any atom is -0.348 e. The molecule has 0 aromatic carbocycles. The fourth-order valence-electron chi connectivity index (χ4n) is 4.86. The smallest absolute Gasteiger partial charge is 0.273 e. The number of likely N-dealkylation sites (tertiary alicyclic amines) is 1. The number of carbonyl (C=O) groups is 2. The third-order valence-corrected chi connectivity index (χ3v) is 6.81. The van der Waals surface area contributed by atoms with Crippen LogP contribution in [0.2, 0.25) is 0 Å². The highest BCUT2D eigenvalue weighted by atomic mass is 16.2. The number of carbonyl (C=O) groups excluding carboxylic acids is 2. The first kappa shape index (κ1) is 20.4. The fourth-order valence-corrected chi connectivity index (χ4v) is 4.86. The zero-order chi connectivity index (χ0) is 20.1. The van der Waals surface area contributed by atoms with Crippen LogP contribution in [0.4, 0.5) is 0 Å². The Bertz CT molecular complexity index is 693. The molecule has 1 aliphatic heterocycles.